The van der Waals surface area contributed by atoms with Crippen LogP contribution < -0.4 is 19.7 Å². The number of nitrogens with one attached hydrogen (secondary N) is 1. The molecule has 152 valence electrons. The van der Waals surface area contributed by atoms with Crippen molar-refractivity contribution in [1.82, 2.24) is 5.32 Å². The van der Waals surface area contributed by atoms with Crippen molar-refractivity contribution in [2.24, 2.45) is 0 Å². The zero-order valence-electron chi connectivity index (χ0n) is 16.9. The monoisotopic (exact) mass is 394 g/mol. The molecule has 2 aliphatic rings. The summed E-state index contributed by atoms with van der Waals surface area (Å²) in [5.41, 5.74) is 3.58. The molecule has 2 aliphatic heterocycles. The van der Waals surface area contributed by atoms with Gasteiger partial charge in [-0.05, 0) is 54.3 Å². The van der Waals surface area contributed by atoms with E-state index in [4.69, 9.17) is 9.47 Å². The fourth-order valence-corrected chi connectivity index (χ4v) is 3.93. The molecule has 4 rings (SSSR count). The topological polar surface area (TPSA) is 67.9 Å². The van der Waals surface area contributed by atoms with E-state index in [0.29, 0.717) is 31.7 Å². The third-order valence-electron chi connectivity index (χ3n) is 5.52. The molecule has 0 spiro atoms. The van der Waals surface area contributed by atoms with Crippen LogP contribution in [0, 0.1) is 0 Å². The molecule has 0 aromatic heterocycles. The highest BCUT2D eigenvalue weighted by molar-refractivity contribution is 5.98. The van der Waals surface area contributed by atoms with Gasteiger partial charge in [-0.2, -0.15) is 0 Å². The van der Waals surface area contributed by atoms with Crippen molar-refractivity contribution in [2.45, 2.75) is 39.2 Å². The van der Waals surface area contributed by atoms with E-state index in [1.165, 1.54) is 0 Å². The highest BCUT2D eigenvalue weighted by Crippen LogP contribution is 2.34. The summed E-state index contributed by atoms with van der Waals surface area (Å²) in [6.45, 7) is 5.68. The van der Waals surface area contributed by atoms with E-state index in [2.05, 4.69) is 5.32 Å². The maximum absolute atomic E-state index is 12.9. The molecule has 0 saturated carbocycles. The fourth-order valence-electron chi connectivity index (χ4n) is 3.93. The van der Waals surface area contributed by atoms with E-state index < -0.39 is 0 Å². The van der Waals surface area contributed by atoms with Gasteiger partial charge in [0.15, 0.2) is 11.5 Å². The van der Waals surface area contributed by atoms with Gasteiger partial charge in [0.2, 0.25) is 5.91 Å². The third-order valence-corrected chi connectivity index (χ3v) is 5.52. The van der Waals surface area contributed by atoms with Crippen molar-refractivity contribution < 1.29 is 19.1 Å². The van der Waals surface area contributed by atoms with Crippen LogP contribution in [0.2, 0.25) is 0 Å². The molecule has 2 heterocycles. The molecule has 2 aromatic rings. The molecule has 0 bridgehead atoms. The summed E-state index contributed by atoms with van der Waals surface area (Å²) >= 11 is 0. The molecule has 0 fully saturated rings. The zero-order valence-corrected chi connectivity index (χ0v) is 16.9. The first-order chi connectivity index (χ1) is 14.1. The van der Waals surface area contributed by atoms with E-state index >= 15 is 0 Å². The Hall–Kier alpha value is -3.02. The van der Waals surface area contributed by atoms with Crippen molar-refractivity contribution in [2.75, 3.05) is 24.7 Å². The molecule has 1 unspecified atom stereocenters. The van der Waals surface area contributed by atoms with E-state index in [-0.39, 0.29) is 17.9 Å². The molecule has 1 N–H and O–H groups in total. The number of anilines is 1. The molecule has 0 radical (unpaired) electrons. The molecule has 6 heteroatoms. The van der Waals surface area contributed by atoms with Gasteiger partial charge >= 0.3 is 0 Å². The normalized spacial score (nSPS) is 15.6. The lowest BCUT2D eigenvalue weighted by Gasteiger charge is -2.22. The predicted molar refractivity (Wildman–Crippen MR) is 111 cm³/mol. The second kappa shape index (κ2) is 8.15. The van der Waals surface area contributed by atoms with Gasteiger partial charge in [-0.15, -0.1) is 0 Å². The number of benzene rings is 2. The first-order valence-corrected chi connectivity index (χ1v) is 10.2. The lowest BCUT2D eigenvalue weighted by molar-refractivity contribution is -0.118. The van der Waals surface area contributed by atoms with Crippen LogP contribution in [0.1, 0.15) is 54.2 Å². The van der Waals surface area contributed by atoms with E-state index in [0.717, 1.165) is 41.2 Å². The Bertz CT molecular complexity index is 940. The van der Waals surface area contributed by atoms with E-state index in [1.807, 2.05) is 44.2 Å². The molecular weight excluding hydrogens is 368 g/mol. The van der Waals surface area contributed by atoms with Crippen LogP contribution >= 0.6 is 0 Å². The van der Waals surface area contributed by atoms with E-state index in [1.54, 1.807) is 11.0 Å². The number of ether oxygens (including phenoxy) is 2. The van der Waals surface area contributed by atoms with Crippen LogP contribution in [-0.2, 0) is 11.2 Å². The zero-order chi connectivity index (χ0) is 20.4. The number of rotatable bonds is 5. The van der Waals surface area contributed by atoms with Crippen LogP contribution in [0.3, 0.4) is 0 Å². The van der Waals surface area contributed by atoms with Gasteiger partial charge in [-0.3, -0.25) is 9.59 Å². The lowest BCUT2D eigenvalue weighted by atomic mass is 10.0. The van der Waals surface area contributed by atoms with Gasteiger partial charge in [0.25, 0.3) is 5.91 Å². The van der Waals surface area contributed by atoms with Gasteiger partial charge in [0, 0.05) is 24.2 Å². The van der Waals surface area contributed by atoms with Crippen LogP contribution in [-0.4, -0.2) is 31.6 Å². The highest BCUT2D eigenvalue weighted by Gasteiger charge is 2.25. The van der Waals surface area contributed by atoms with Gasteiger partial charge in [0.1, 0.15) is 13.2 Å². The second-order valence-corrected chi connectivity index (χ2v) is 7.33. The molecular formula is C23H26N2O4. The minimum absolute atomic E-state index is 0.116. The minimum atomic E-state index is -0.121. The number of hydrogen-bond acceptors (Lipinski definition) is 4. The molecule has 2 amide bonds. The summed E-state index contributed by atoms with van der Waals surface area (Å²) in [4.78, 5) is 26.8. The predicted octanol–water partition coefficient (Wildman–Crippen LogP) is 3.64. The molecule has 0 aliphatic carbocycles. The quantitative estimate of drug-likeness (QED) is 0.841. The molecule has 6 nitrogen and oxygen atoms in total. The first-order valence-electron chi connectivity index (χ1n) is 10.2. The Balaban J connectivity index is 1.50. The lowest BCUT2D eigenvalue weighted by Crippen LogP contribution is -2.29. The van der Waals surface area contributed by atoms with Gasteiger partial charge < -0.3 is 19.7 Å². The SMILES string of the molecule is CCC(=O)N1CCc2cc(C(=O)NC(CC)c3ccc4c(c3)OCCO4)ccc21. The summed E-state index contributed by atoms with van der Waals surface area (Å²) in [6.07, 6.45) is 2.02. The molecule has 1 atom stereocenters. The van der Waals surface area contributed by atoms with Crippen LogP contribution in [0.25, 0.3) is 0 Å². The maximum Gasteiger partial charge on any atom is 0.251 e. The number of carbonyl (C=O) groups is 2. The van der Waals surface area contributed by atoms with Gasteiger partial charge in [0.05, 0.1) is 6.04 Å². The molecule has 0 saturated heterocycles. The van der Waals surface area contributed by atoms with Crippen LogP contribution in [0.5, 0.6) is 11.5 Å². The number of nitrogens with zero attached hydrogens (tertiary/aromatic N) is 1. The molecule has 2 aromatic carbocycles. The number of amides is 2. The van der Waals surface area contributed by atoms with Crippen molar-refractivity contribution >= 4 is 17.5 Å². The number of fused-ring (bicyclic) bond motifs is 2. The third kappa shape index (κ3) is 3.79. The number of hydrogen-bond donors (Lipinski definition) is 1. The average Bonchev–Trinajstić information content (AvgIpc) is 3.19. The van der Waals surface area contributed by atoms with Crippen molar-refractivity contribution in [1.29, 1.82) is 0 Å². The van der Waals surface area contributed by atoms with Crippen molar-refractivity contribution in [3.05, 3.63) is 53.1 Å². The Kier molecular flexibility index (Phi) is 5.43. The Labute approximate surface area is 170 Å². The standard InChI is InChI=1S/C23H26N2O4/c1-3-18(15-6-8-20-21(14-15)29-12-11-28-20)24-23(27)17-5-7-19-16(13-17)9-10-25(19)22(26)4-2/h5-8,13-14,18H,3-4,9-12H2,1-2H3,(H,24,27). The Morgan fingerprint density at radius 2 is 1.86 bits per heavy atom. The summed E-state index contributed by atoms with van der Waals surface area (Å²) in [7, 11) is 0. The smallest absolute Gasteiger partial charge is 0.251 e. The Morgan fingerprint density at radius 1 is 1.07 bits per heavy atom. The summed E-state index contributed by atoms with van der Waals surface area (Å²) in [5.74, 6) is 1.46. The van der Waals surface area contributed by atoms with Gasteiger partial charge in [-0.1, -0.05) is 19.9 Å². The van der Waals surface area contributed by atoms with E-state index in [9.17, 15) is 9.59 Å². The molecule has 29 heavy (non-hydrogen) atoms. The van der Waals surface area contributed by atoms with Crippen molar-refractivity contribution in [3.8, 4) is 11.5 Å². The second-order valence-electron chi connectivity index (χ2n) is 7.33. The first kappa shape index (κ1) is 19.3. The number of carbonyl (C=O) groups excluding carboxylic acids is 2. The van der Waals surface area contributed by atoms with Crippen LogP contribution in [0.15, 0.2) is 36.4 Å². The highest BCUT2D eigenvalue weighted by atomic mass is 16.6. The summed E-state index contributed by atoms with van der Waals surface area (Å²) < 4.78 is 11.2. The fraction of sp³-hybridized carbons (Fsp3) is 0.391. The van der Waals surface area contributed by atoms with Gasteiger partial charge in [-0.25, -0.2) is 0 Å². The largest absolute Gasteiger partial charge is 0.486 e. The van der Waals surface area contributed by atoms with Crippen molar-refractivity contribution in [3.63, 3.8) is 0 Å². The maximum atomic E-state index is 12.9. The summed E-state index contributed by atoms with van der Waals surface area (Å²) in [5, 5.41) is 3.13. The van der Waals surface area contributed by atoms with Crippen LogP contribution in [0.4, 0.5) is 5.69 Å². The summed E-state index contributed by atoms with van der Waals surface area (Å²) in [6, 6.07) is 11.3. The Morgan fingerprint density at radius 3 is 2.62 bits per heavy atom. The average molecular weight is 394 g/mol. The minimum Gasteiger partial charge on any atom is -0.486 e.